The number of H-pyrrole nitrogens is 1. The summed E-state index contributed by atoms with van der Waals surface area (Å²) in [7, 11) is 0. The van der Waals surface area contributed by atoms with Crippen LogP contribution in [0.1, 0.15) is 11.6 Å². The molecule has 0 radical (unpaired) electrons. The Bertz CT molecular complexity index is 309. The van der Waals surface area contributed by atoms with Crippen LogP contribution in [0.5, 0.6) is 0 Å². The lowest BCUT2D eigenvalue weighted by Crippen LogP contribution is -2.50. The van der Waals surface area contributed by atoms with Gasteiger partial charge in [-0.15, -0.1) is 0 Å². The fourth-order valence-electron chi connectivity index (χ4n) is 1.81. The van der Waals surface area contributed by atoms with Crippen LogP contribution in [0.15, 0.2) is 18.5 Å². The molecule has 76 valence electrons. The van der Waals surface area contributed by atoms with Gasteiger partial charge in [-0.1, -0.05) is 0 Å². The third-order valence-corrected chi connectivity index (χ3v) is 2.53. The van der Waals surface area contributed by atoms with Crippen LogP contribution in [-0.4, -0.2) is 35.5 Å². The molecule has 0 aliphatic carbocycles. The van der Waals surface area contributed by atoms with Crippen molar-refractivity contribution in [3.8, 4) is 0 Å². The van der Waals surface area contributed by atoms with E-state index in [-0.39, 0.29) is 12.1 Å². The summed E-state index contributed by atoms with van der Waals surface area (Å²) < 4.78 is 0. The minimum absolute atomic E-state index is 0.0625. The molecule has 14 heavy (non-hydrogen) atoms. The van der Waals surface area contributed by atoms with Gasteiger partial charge in [-0.05, 0) is 11.6 Å². The molecule has 0 bridgehead atoms. The number of amides is 2. The first kappa shape index (κ1) is 9.08. The third kappa shape index (κ3) is 1.58. The number of nitrogens with zero attached hydrogens (tertiary/aromatic N) is 1. The predicted octanol–water partition coefficient (Wildman–Crippen LogP) is 0.0397. The van der Waals surface area contributed by atoms with E-state index in [1.807, 2.05) is 18.5 Å². The highest BCUT2D eigenvalue weighted by Gasteiger charge is 2.26. The predicted molar refractivity (Wildman–Crippen MR) is 52.7 cm³/mol. The lowest BCUT2D eigenvalue weighted by Gasteiger charge is -2.34. The highest BCUT2D eigenvalue weighted by atomic mass is 16.2. The van der Waals surface area contributed by atoms with Crippen molar-refractivity contribution in [1.82, 2.24) is 15.2 Å². The zero-order chi connectivity index (χ0) is 9.97. The first-order valence-corrected chi connectivity index (χ1v) is 4.68. The van der Waals surface area contributed by atoms with Crippen molar-refractivity contribution in [2.24, 2.45) is 5.73 Å². The van der Waals surface area contributed by atoms with Crippen molar-refractivity contribution in [1.29, 1.82) is 0 Å². The van der Waals surface area contributed by atoms with Crippen LogP contribution in [0.4, 0.5) is 4.79 Å². The number of hydrogen-bond donors (Lipinski definition) is 3. The molecule has 1 unspecified atom stereocenters. The zero-order valence-electron chi connectivity index (χ0n) is 7.86. The van der Waals surface area contributed by atoms with Gasteiger partial charge in [-0.2, -0.15) is 0 Å². The quantitative estimate of drug-likeness (QED) is 0.590. The van der Waals surface area contributed by atoms with E-state index in [0.717, 1.165) is 18.7 Å². The van der Waals surface area contributed by atoms with Crippen molar-refractivity contribution in [3.63, 3.8) is 0 Å². The van der Waals surface area contributed by atoms with Crippen molar-refractivity contribution in [2.45, 2.75) is 6.04 Å². The van der Waals surface area contributed by atoms with Gasteiger partial charge >= 0.3 is 6.03 Å². The maximum atomic E-state index is 11.2. The number of nitrogens with two attached hydrogens (primary N) is 1. The third-order valence-electron chi connectivity index (χ3n) is 2.53. The van der Waals surface area contributed by atoms with Crippen LogP contribution < -0.4 is 11.1 Å². The van der Waals surface area contributed by atoms with E-state index in [4.69, 9.17) is 5.73 Å². The molecule has 2 heterocycles. The van der Waals surface area contributed by atoms with Gasteiger partial charge in [0.25, 0.3) is 0 Å². The number of primary amides is 1. The molecule has 1 atom stereocenters. The topological polar surface area (TPSA) is 74.2 Å². The van der Waals surface area contributed by atoms with Gasteiger partial charge in [-0.3, -0.25) is 0 Å². The maximum Gasteiger partial charge on any atom is 0.315 e. The summed E-state index contributed by atoms with van der Waals surface area (Å²) in [5, 5.41) is 3.24. The SMILES string of the molecule is NC(=O)N1CCNCC1c1cc[nH]c1. The summed E-state index contributed by atoms with van der Waals surface area (Å²) in [6.07, 6.45) is 3.75. The molecule has 0 aromatic carbocycles. The number of carbonyl (C=O) groups excluding carboxylic acids is 1. The van der Waals surface area contributed by atoms with Crippen LogP contribution in [0, 0.1) is 0 Å². The van der Waals surface area contributed by atoms with Gasteiger partial charge in [0.1, 0.15) is 0 Å². The van der Waals surface area contributed by atoms with Gasteiger partial charge in [0, 0.05) is 32.0 Å². The molecule has 1 saturated heterocycles. The Morgan fingerprint density at radius 3 is 3.14 bits per heavy atom. The van der Waals surface area contributed by atoms with Crippen LogP contribution >= 0.6 is 0 Å². The molecule has 1 aliphatic rings. The normalized spacial score (nSPS) is 22.3. The molecule has 2 amide bonds. The molecule has 1 aromatic heterocycles. The zero-order valence-corrected chi connectivity index (χ0v) is 7.86. The first-order chi connectivity index (χ1) is 6.79. The second-order valence-corrected chi connectivity index (χ2v) is 3.40. The summed E-state index contributed by atoms with van der Waals surface area (Å²) in [6.45, 7) is 2.25. The van der Waals surface area contributed by atoms with Gasteiger partial charge in [0.05, 0.1) is 6.04 Å². The Kier molecular flexibility index (Phi) is 2.41. The van der Waals surface area contributed by atoms with E-state index in [1.165, 1.54) is 0 Å². The number of carbonyl (C=O) groups is 1. The molecule has 5 nitrogen and oxygen atoms in total. The number of piperazine rings is 1. The molecule has 0 spiro atoms. The van der Waals surface area contributed by atoms with E-state index >= 15 is 0 Å². The van der Waals surface area contributed by atoms with Crippen LogP contribution in [0.3, 0.4) is 0 Å². The standard InChI is InChI=1S/C9H14N4O/c10-9(14)13-4-3-12-6-8(13)7-1-2-11-5-7/h1-2,5,8,11-12H,3-4,6H2,(H2,10,14). The molecule has 2 rings (SSSR count). The van der Waals surface area contributed by atoms with E-state index in [2.05, 4.69) is 10.3 Å². The average molecular weight is 194 g/mol. The molecule has 1 aromatic rings. The fourth-order valence-corrected chi connectivity index (χ4v) is 1.81. The summed E-state index contributed by atoms with van der Waals surface area (Å²) >= 11 is 0. The smallest absolute Gasteiger partial charge is 0.315 e. The Morgan fingerprint density at radius 1 is 1.64 bits per heavy atom. The highest BCUT2D eigenvalue weighted by Crippen LogP contribution is 2.20. The number of rotatable bonds is 1. The van der Waals surface area contributed by atoms with Crippen LogP contribution in [-0.2, 0) is 0 Å². The molecule has 5 heteroatoms. The summed E-state index contributed by atoms with van der Waals surface area (Å²) in [6, 6.07) is 1.68. The van der Waals surface area contributed by atoms with E-state index in [1.54, 1.807) is 4.90 Å². The molecule has 1 fully saturated rings. The fraction of sp³-hybridized carbons (Fsp3) is 0.444. The maximum absolute atomic E-state index is 11.2. The first-order valence-electron chi connectivity index (χ1n) is 4.68. The second kappa shape index (κ2) is 3.71. The van der Waals surface area contributed by atoms with Gasteiger partial charge in [0.15, 0.2) is 0 Å². The summed E-state index contributed by atoms with van der Waals surface area (Å²) in [5.41, 5.74) is 6.41. The molecular formula is C9H14N4O. The van der Waals surface area contributed by atoms with E-state index < -0.39 is 0 Å². The average Bonchev–Trinajstić information content (AvgIpc) is 2.70. The number of urea groups is 1. The number of hydrogen-bond acceptors (Lipinski definition) is 2. The number of aromatic amines is 1. The van der Waals surface area contributed by atoms with Crippen molar-refractivity contribution >= 4 is 6.03 Å². The monoisotopic (exact) mass is 194 g/mol. The Balaban J connectivity index is 2.18. The van der Waals surface area contributed by atoms with E-state index in [0.29, 0.717) is 6.54 Å². The number of nitrogens with one attached hydrogen (secondary N) is 2. The molecule has 0 saturated carbocycles. The largest absolute Gasteiger partial charge is 0.367 e. The Morgan fingerprint density at radius 2 is 2.50 bits per heavy atom. The van der Waals surface area contributed by atoms with Crippen molar-refractivity contribution in [3.05, 3.63) is 24.0 Å². The van der Waals surface area contributed by atoms with Crippen molar-refractivity contribution in [2.75, 3.05) is 19.6 Å². The van der Waals surface area contributed by atoms with Crippen molar-refractivity contribution < 1.29 is 4.79 Å². The Hall–Kier alpha value is -1.49. The molecule has 4 N–H and O–H groups in total. The van der Waals surface area contributed by atoms with Gasteiger partial charge < -0.3 is 20.9 Å². The lowest BCUT2D eigenvalue weighted by atomic mass is 10.1. The molecular weight excluding hydrogens is 180 g/mol. The van der Waals surface area contributed by atoms with Gasteiger partial charge in [0.2, 0.25) is 0 Å². The number of aromatic nitrogens is 1. The van der Waals surface area contributed by atoms with Gasteiger partial charge in [-0.25, -0.2) is 4.79 Å². The minimum Gasteiger partial charge on any atom is -0.367 e. The minimum atomic E-state index is -0.349. The van der Waals surface area contributed by atoms with Crippen LogP contribution in [0.2, 0.25) is 0 Å². The van der Waals surface area contributed by atoms with E-state index in [9.17, 15) is 4.79 Å². The molecule has 1 aliphatic heterocycles. The summed E-state index contributed by atoms with van der Waals surface area (Å²) in [5.74, 6) is 0. The lowest BCUT2D eigenvalue weighted by molar-refractivity contribution is 0.167. The van der Waals surface area contributed by atoms with Crippen LogP contribution in [0.25, 0.3) is 0 Å². The highest BCUT2D eigenvalue weighted by molar-refractivity contribution is 5.72. The second-order valence-electron chi connectivity index (χ2n) is 3.40. The Labute approximate surface area is 82.3 Å². The summed E-state index contributed by atoms with van der Waals surface area (Å²) in [4.78, 5) is 15.8.